The third-order valence-corrected chi connectivity index (χ3v) is 2.02. The van der Waals surface area contributed by atoms with Crippen LogP contribution in [0.2, 0.25) is 0 Å². The summed E-state index contributed by atoms with van der Waals surface area (Å²) in [6, 6.07) is -0.591. The molecule has 1 atom stereocenters. The van der Waals surface area contributed by atoms with Gasteiger partial charge in [-0.25, -0.2) is 0 Å². The molecule has 0 saturated heterocycles. The van der Waals surface area contributed by atoms with Crippen LogP contribution in [0.15, 0.2) is 6.20 Å². The number of hydrogen-bond donors (Lipinski definition) is 2. The lowest BCUT2D eigenvalue weighted by atomic mass is 10.1. The third-order valence-electron chi connectivity index (χ3n) is 2.02. The molecule has 0 aliphatic rings. The number of hydrazine groups is 1. The Labute approximate surface area is 84.4 Å². The van der Waals surface area contributed by atoms with E-state index >= 15 is 0 Å². The maximum Gasteiger partial charge on any atom is 0.389 e. The van der Waals surface area contributed by atoms with Crippen LogP contribution in [-0.4, -0.2) is 21.2 Å². The highest BCUT2D eigenvalue weighted by Crippen LogP contribution is 2.26. The number of nitrogens with two attached hydrogens (primary N) is 1. The molecule has 3 N–H and O–H groups in total. The van der Waals surface area contributed by atoms with Gasteiger partial charge in [-0.2, -0.15) is 13.2 Å². The second-order valence-electron chi connectivity index (χ2n) is 3.16. The Morgan fingerprint density at radius 1 is 1.60 bits per heavy atom. The molecule has 1 unspecified atom stereocenters. The molecule has 0 aliphatic carbocycles. The average molecular weight is 223 g/mol. The fourth-order valence-corrected chi connectivity index (χ4v) is 1.24. The summed E-state index contributed by atoms with van der Waals surface area (Å²) in [5, 5.41) is 7.19. The van der Waals surface area contributed by atoms with Gasteiger partial charge in [0.25, 0.3) is 0 Å². The van der Waals surface area contributed by atoms with Crippen LogP contribution in [0.4, 0.5) is 13.2 Å². The topological polar surface area (TPSA) is 68.8 Å². The minimum absolute atomic E-state index is 0.138. The SMILES string of the molecule is Cn1nncc1C(CCC(F)(F)F)NN. The number of nitrogens with zero attached hydrogens (tertiary/aromatic N) is 3. The van der Waals surface area contributed by atoms with E-state index in [0.29, 0.717) is 5.69 Å². The van der Waals surface area contributed by atoms with Crippen molar-refractivity contribution in [2.75, 3.05) is 0 Å². The van der Waals surface area contributed by atoms with E-state index in [-0.39, 0.29) is 6.42 Å². The lowest BCUT2D eigenvalue weighted by Gasteiger charge is -2.16. The molecule has 0 radical (unpaired) electrons. The molecule has 0 amide bonds. The normalized spacial score (nSPS) is 14.2. The number of halogens is 3. The van der Waals surface area contributed by atoms with Crippen molar-refractivity contribution in [1.29, 1.82) is 0 Å². The summed E-state index contributed by atoms with van der Waals surface area (Å²) >= 11 is 0. The first kappa shape index (κ1) is 11.9. The van der Waals surface area contributed by atoms with Crippen LogP contribution < -0.4 is 11.3 Å². The highest BCUT2D eigenvalue weighted by molar-refractivity contribution is 5.01. The summed E-state index contributed by atoms with van der Waals surface area (Å²) in [5.41, 5.74) is 2.85. The molecule has 1 aromatic heterocycles. The van der Waals surface area contributed by atoms with Crippen LogP contribution in [-0.2, 0) is 7.05 Å². The van der Waals surface area contributed by atoms with Crippen LogP contribution in [0, 0.1) is 0 Å². The summed E-state index contributed by atoms with van der Waals surface area (Å²) in [7, 11) is 1.60. The Morgan fingerprint density at radius 2 is 2.27 bits per heavy atom. The lowest BCUT2D eigenvalue weighted by Crippen LogP contribution is -2.30. The van der Waals surface area contributed by atoms with Crippen LogP contribution >= 0.6 is 0 Å². The molecule has 8 heteroatoms. The molecule has 0 saturated carbocycles. The van der Waals surface area contributed by atoms with Gasteiger partial charge in [0.15, 0.2) is 0 Å². The van der Waals surface area contributed by atoms with Crippen molar-refractivity contribution in [3.63, 3.8) is 0 Å². The minimum Gasteiger partial charge on any atom is -0.271 e. The number of rotatable bonds is 4. The highest BCUT2D eigenvalue weighted by atomic mass is 19.4. The van der Waals surface area contributed by atoms with Gasteiger partial charge in [-0.15, -0.1) is 5.10 Å². The molecular formula is C7H12F3N5. The monoisotopic (exact) mass is 223 g/mol. The summed E-state index contributed by atoms with van der Waals surface area (Å²) in [4.78, 5) is 0. The molecule has 1 rings (SSSR count). The van der Waals surface area contributed by atoms with Gasteiger partial charge >= 0.3 is 6.18 Å². The molecule has 1 aromatic rings. The summed E-state index contributed by atoms with van der Waals surface area (Å²) in [6.07, 6.45) is -3.82. The van der Waals surface area contributed by atoms with E-state index in [1.165, 1.54) is 10.9 Å². The van der Waals surface area contributed by atoms with E-state index in [0.717, 1.165) is 0 Å². The molecule has 0 aliphatic heterocycles. The minimum atomic E-state index is -4.18. The second-order valence-corrected chi connectivity index (χ2v) is 3.16. The fraction of sp³-hybridized carbons (Fsp3) is 0.714. The molecule has 0 spiro atoms. The Bertz CT molecular complexity index is 308. The zero-order valence-corrected chi connectivity index (χ0v) is 8.12. The molecule has 0 fully saturated rings. The van der Waals surface area contributed by atoms with Gasteiger partial charge in [-0.3, -0.25) is 16.0 Å². The fourth-order valence-electron chi connectivity index (χ4n) is 1.24. The van der Waals surface area contributed by atoms with E-state index in [4.69, 9.17) is 5.84 Å². The molecule has 1 heterocycles. The van der Waals surface area contributed by atoms with Gasteiger partial charge in [0.05, 0.1) is 17.9 Å². The number of alkyl halides is 3. The Balaban J connectivity index is 2.61. The standard InChI is InChI=1S/C7H12F3N5/c1-15-6(4-12-14-15)5(13-11)2-3-7(8,9)10/h4-5,13H,2-3,11H2,1H3. The van der Waals surface area contributed by atoms with Crippen molar-refractivity contribution in [3.8, 4) is 0 Å². The Kier molecular flexibility index (Phi) is 3.64. The van der Waals surface area contributed by atoms with Crippen LogP contribution in [0.1, 0.15) is 24.6 Å². The largest absolute Gasteiger partial charge is 0.389 e. The Hall–Kier alpha value is -1.15. The highest BCUT2D eigenvalue weighted by Gasteiger charge is 2.29. The molecule has 86 valence electrons. The molecule has 5 nitrogen and oxygen atoms in total. The van der Waals surface area contributed by atoms with Crippen molar-refractivity contribution in [2.24, 2.45) is 12.9 Å². The van der Waals surface area contributed by atoms with Crippen molar-refractivity contribution in [2.45, 2.75) is 25.1 Å². The van der Waals surface area contributed by atoms with Crippen molar-refractivity contribution in [1.82, 2.24) is 20.4 Å². The summed E-state index contributed by atoms with van der Waals surface area (Å²) in [5.74, 6) is 5.18. The zero-order valence-electron chi connectivity index (χ0n) is 8.12. The summed E-state index contributed by atoms with van der Waals surface area (Å²) in [6.45, 7) is 0. The van der Waals surface area contributed by atoms with E-state index in [2.05, 4.69) is 15.7 Å². The maximum absolute atomic E-state index is 12.0. The molecule has 0 aromatic carbocycles. The van der Waals surface area contributed by atoms with Gasteiger partial charge in [-0.1, -0.05) is 5.21 Å². The zero-order chi connectivity index (χ0) is 11.5. The van der Waals surface area contributed by atoms with Gasteiger partial charge in [-0.05, 0) is 6.42 Å². The van der Waals surface area contributed by atoms with E-state index in [1.807, 2.05) is 0 Å². The van der Waals surface area contributed by atoms with E-state index in [9.17, 15) is 13.2 Å². The maximum atomic E-state index is 12.0. The quantitative estimate of drug-likeness (QED) is 0.581. The second kappa shape index (κ2) is 4.58. The predicted octanol–water partition coefficient (Wildman–Crippen LogP) is 0.662. The molecular weight excluding hydrogens is 211 g/mol. The third kappa shape index (κ3) is 3.48. The van der Waals surface area contributed by atoms with Crippen LogP contribution in [0.5, 0.6) is 0 Å². The first-order valence-electron chi connectivity index (χ1n) is 4.31. The van der Waals surface area contributed by atoms with Crippen LogP contribution in [0.25, 0.3) is 0 Å². The van der Waals surface area contributed by atoms with E-state index in [1.54, 1.807) is 7.05 Å². The lowest BCUT2D eigenvalue weighted by molar-refractivity contribution is -0.136. The van der Waals surface area contributed by atoms with Gasteiger partial charge < -0.3 is 0 Å². The number of aromatic nitrogens is 3. The summed E-state index contributed by atoms with van der Waals surface area (Å²) < 4.78 is 37.4. The smallest absolute Gasteiger partial charge is 0.271 e. The molecule has 0 bridgehead atoms. The first-order valence-corrected chi connectivity index (χ1v) is 4.31. The van der Waals surface area contributed by atoms with Crippen LogP contribution in [0.3, 0.4) is 0 Å². The van der Waals surface area contributed by atoms with E-state index < -0.39 is 18.6 Å². The predicted molar refractivity (Wildman–Crippen MR) is 46.4 cm³/mol. The number of aryl methyl sites for hydroxylation is 1. The number of nitrogens with one attached hydrogen (secondary N) is 1. The van der Waals surface area contributed by atoms with Gasteiger partial charge in [0, 0.05) is 13.5 Å². The van der Waals surface area contributed by atoms with Crippen molar-refractivity contribution < 1.29 is 13.2 Å². The molecule has 15 heavy (non-hydrogen) atoms. The van der Waals surface area contributed by atoms with Gasteiger partial charge in [0.1, 0.15) is 0 Å². The van der Waals surface area contributed by atoms with Gasteiger partial charge in [0.2, 0.25) is 0 Å². The van der Waals surface area contributed by atoms with Crippen molar-refractivity contribution >= 4 is 0 Å². The average Bonchev–Trinajstić information content (AvgIpc) is 2.52. The number of hydrogen-bond acceptors (Lipinski definition) is 4. The first-order chi connectivity index (χ1) is 6.94. The Morgan fingerprint density at radius 3 is 2.67 bits per heavy atom. The van der Waals surface area contributed by atoms with Crippen molar-refractivity contribution in [3.05, 3.63) is 11.9 Å².